The molecule has 0 unspecified atom stereocenters. The maximum atomic E-state index is 8.70. The number of rotatable bonds is 3. The molecule has 0 aromatic carbocycles. The van der Waals surface area contributed by atoms with Gasteiger partial charge in [-0.25, -0.2) is 4.98 Å². The van der Waals surface area contributed by atoms with Gasteiger partial charge in [0.25, 0.3) is 0 Å². The summed E-state index contributed by atoms with van der Waals surface area (Å²) in [4.78, 5) is 3.90. The first kappa shape index (κ1) is 10.2. The zero-order valence-electron chi connectivity index (χ0n) is 8.88. The molecule has 0 spiro atoms. The minimum absolute atomic E-state index is 0.413. The van der Waals surface area contributed by atoms with Crippen molar-refractivity contribution in [2.45, 2.75) is 6.54 Å². The predicted octanol–water partition coefficient (Wildman–Crippen LogP) is 1.30. The molecule has 2 aromatic rings. The Hall–Kier alpha value is -2.35. The van der Waals surface area contributed by atoms with Crippen LogP contribution in [0.5, 0.6) is 0 Å². The van der Waals surface area contributed by atoms with Crippen LogP contribution in [-0.2, 0) is 13.6 Å². The van der Waals surface area contributed by atoms with Crippen LogP contribution in [0.1, 0.15) is 11.3 Å². The Morgan fingerprint density at radius 1 is 1.56 bits per heavy atom. The fraction of sp³-hybridized carbons (Fsp3) is 0.182. The Balaban J connectivity index is 2.02. The molecule has 2 heterocycles. The molecule has 0 bridgehead atoms. The van der Waals surface area contributed by atoms with Gasteiger partial charge in [-0.15, -0.1) is 0 Å². The van der Waals surface area contributed by atoms with Gasteiger partial charge in [-0.3, -0.25) is 4.68 Å². The lowest BCUT2D eigenvalue weighted by molar-refractivity contribution is 0.767. The van der Waals surface area contributed by atoms with E-state index in [0.717, 1.165) is 11.3 Å². The predicted molar refractivity (Wildman–Crippen MR) is 59.5 cm³/mol. The van der Waals surface area contributed by atoms with E-state index in [9.17, 15) is 0 Å². The number of hydrogen-bond acceptors (Lipinski definition) is 4. The fourth-order valence-corrected chi connectivity index (χ4v) is 1.37. The van der Waals surface area contributed by atoms with Crippen LogP contribution in [-0.4, -0.2) is 14.8 Å². The molecule has 0 saturated carbocycles. The Kier molecular flexibility index (Phi) is 2.83. The minimum Gasteiger partial charge on any atom is -0.381 e. The number of nitrogens with zero attached hydrogens (tertiary/aromatic N) is 4. The Morgan fingerprint density at radius 3 is 3.12 bits per heavy atom. The van der Waals surface area contributed by atoms with E-state index in [0.29, 0.717) is 12.2 Å². The van der Waals surface area contributed by atoms with Crippen LogP contribution in [0, 0.1) is 11.3 Å². The van der Waals surface area contributed by atoms with Crippen molar-refractivity contribution in [1.82, 2.24) is 14.8 Å². The molecule has 0 radical (unpaired) electrons. The zero-order valence-corrected chi connectivity index (χ0v) is 8.88. The molecule has 0 atom stereocenters. The molecular weight excluding hydrogens is 202 g/mol. The summed E-state index contributed by atoms with van der Waals surface area (Å²) in [7, 11) is 1.88. The average molecular weight is 213 g/mol. The van der Waals surface area contributed by atoms with Gasteiger partial charge in [0.2, 0.25) is 0 Å². The van der Waals surface area contributed by atoms with Crippen molar-refractivity contribution in [3.05, 3.63) is 42.0 Å². The second-order valence-electron chi connectivity index (χ2n) is 3.42. The fourth-order valence-electron chi connectivity index (χ4n) is 1.37. The highest BCUT2D eigenvalue weighted by Crippen LogP contribution is 2.09. The van der Waals surface area contributed by atoms with E-state index in [1.165, 1.54) is 0 Å². The molecule has 0 saturated heterocycles. The summed E-state index contributed by atoms with van der Waals surface area (Å²) in [6.45, 7) is 0.683. The highest BCUT2D eigenvalue weighted by molar-refractivity contribution is 5.46. The molecular formula is C11H11N5. The molecule has 2 aromatic heterocycles. The van der Waals surface area contributed by atoms with Crippen LogP contribution in [0.4, 0.5) is 5.69 Å². The largest absolute Gasteiger partial charge is 0.381 e. The van der Waals surface area contributed by atoms with E-state index < -0.39 is 0 Å². The molecule has 0 aliphatic heterocycles. The van der Waals surface area contributed by atoms with E-state index >= 15 is 0 Å². The van der Waals surface area contributed by atoms with Gasteiger partial charge in [-0.2, -0.15) is 10.4 Å². The van der Waals surface area contributed by atoms with Gasteiger partial charge < -0.3 is 5.32 Å². The summed E-state index contributed by atoms with van der Waals surface area (Å²) in [5.41, 5.74) is 2.39. The topological polar surface area (TPSA) is 66.5 Å². The lowest BCUT2D eigenvalue weighted by atomic mass is 10.3. The molecule has 0 aliphatic carbocycles. The molecule has 0 aliphatic rings. The van der Waals surface area contributed by atoms with Gasteiger partial charge in [0, 0.05) is 37.2 Å². The van der Waals surface area contributed by atoms with Gasteiger partial charge in [0.15, 0.2) is 0 Å². The summed E-state index contributed by atoms with van der Waals surface area (Å²) in [5.74, 6) is 0. The van der Waals surface area contributed by atoms with Crippen molar-refractivity contribution in [2.75, 3.05) is 5.32 Å². The number of hydrogen-bond donors (Lipinski definition) is 1. The Labute approximate surface area is 93.4 Å². The third-order valence-corrected chi connectivity index (χ3v) is 2.13. The number of aryl methyl sites for hydroxylation is 1. The average Bonchev–Trinajstić information content (AvgIpc) is 2.73. The van der Waals surface area contributed by atoms with Crippen molar-refractivity contribution in [3.8, 4) is 6.07 Å². The van der Waals surface area contributed by atoms with E-state index in [4.69, 9.17) is 5.26 Å². The highest BCUT2D eigenvalue weighted by atomic mass is 15.2. The summed E-state index contributed by atoms with van der Waals surface area (Å²) >= 11 is 0. The second kappa shape index (κ2) is 4.45. The normalized spacial score (nSPS) is 9.75. The third kappa shape index (κ3) is 2.36. The van der Waals surface area contributed by atoms with Crippen molar-refractivity contribution in [2.24, 2.45) is 7.05 Å². The van der Waals surface area contributed by atoms with E-state index in [2.05, 4.69) is 15.4 Å². The van der Waals surface area contributed by atoms with E-state index in [-0.39, 0.29) is 0 Å². The van der Waals surface area contributed by atoms with Crippen LogP contribution < -0.4 is 5.32 Å². The van der Waals surface area contributed by atoms with Gasteiger partial charge in [0.1, 0.15) is 11.8 Å². The first-order valence-corrected chi connectivity index (χ1v) is 4.85. The zero-order chi connectivity index (χ0) is 11.4. The van der Waals surface area contributed by atoms with Crippen LogP contribution >= 0.6 is 0 Å². The Bertz CT molecular complexity index is 523. The van der Waals surface area contributed by atoms with Gasteiger partial charge in [-0.1, -0.05) is 0 Å². The number of nitriles is 1. The van der Waals surface area contributed by atoms with Crippen molar-refractivity contribution in [1.29, 1.82) is 5.26 Å². The molecule has 1 N–H and O–H groups in total. The molecule has 5 heteroatoms. The molecule has 2 rings (SSSR count). The summed E-state index contributed by atoms with van der Waals surface area (Å²) < 4.78 is 1.75. The van der Waals surface area contributed by atoms with Crippen LogP contribution in [0.15, 0.2) is 30.7 Å². The lowest BCUT2D eigenvalue weighted by Gasteiger charge is -2.03. The van der Waals surface area contributed by atoms with Gasteiger partial charge in [-0.05, 0) is 12.1 Å². The van der Waals surface area contributed by atoms with Crippen molar-refractivity contribution < 1.29 is 0 Å². The van der Waals surface area contributed by atoms with Crippen LogP contribution in [0.2, 0.25) is 0 Å². The van der Waals surface area contributed by atoms with Crippen LogP contribution in [0.3, 0.4) is 0 Å². The van der Waals surface area contributed by atoms with Gasteiger partial charge >= 0.3 is 0 Å². The number of pyridine rings is 1. The standard InChI is InChI=1S/C11H11N5/c1-16-8-9(7-15-16)6-14-10-2-3-13-11(4-10)5-12/h2-4,7-8H,6H2,1H3,(H,13,14). The van der Waals surface area contributed by atoms with Gasteiger partial charge in [0.05, 0.1) is 6.20 Å². The number of nitrogens with one attached hydrogen (secondary N) is 1. The minimum atomic E-state index is 0.413. The lowest BCUT2D eigenvalue weighted by Crippen LogP contribution is -1.99. The van der Waals surface area contributed by atoms with E-state index in [1.54, 1.807) is 23.1 Å². The molecule has 16 heavy (non-hydrogen) atoms. The number of anilines is 1. The Morgan fingerprint density at radius 2 is 2.44 bits per heavy atom. The molecule has 80 valence electrons. The number of aromatic nitrogens is 3. The third-order valence-electron chi connectivity index (χ3n) is 2.13. The van der Waals surface area contributed by atoms with Crippen molar-refractivity contribution >= 4 is 5.69 Å². The maximum absolute atomic E-state index is 8.70. The smallest absolute Gasteiger partial charge is 0.142 e. The molecule has 0 amide bonds. The molecule has 0 fully saturated rings. The second-order valence-corrected chi connectivity index (χ2v) is 3.42. The summed E-state index contributed by atoms with van der Waals surface area (Å²) in [6, 6.07) is 5.55. The first-order valence-electron chi connectivity index (χ1n) is 4.85. The quantitative estimate of drug-likeness (QED) is 0.834. The highest BCUT2D eigenvalue weighted by Gasteiger charge is 1.98. The van der Waals surface area contributed by atoms with Crippen molar-refractivity contribution in [3.63, 3.8) is 0 Å². The van der Waals surface area contributed by atoms with Crippen LogP contribution in [0.25, 0.3) is 0 Å². The SMILES string of the molecule is Cn1cc(CNc2ccnc(C#N)c2)cn1. The molecule has 5 nitrogen and oxygen atoms in total. The summed E-state index contributed by atoms with van der Waals surface area (Å²) in [6.07, 6.45) is 5.36. The monoisotopic (exact) mass is 213 g/mol. The van der Waals surface area contributed by atoms with E-state index in [1.807, 2.05) is 25.4 Å². The summed E-state index contributed by atoms with van der Waals surface area (Å²) in [5, 5.41) is 16.0. The maximum Gasteiger partial charge on any atom is 0.142 e. The first-order chi connectivity index (χ1) is 7.78.